The second kappa shape index (κ2) is 7.77. The highest BCUT2D eigenvalue weighted by molar-refractivity contribution is 5.94. The Hall–Kier alpha value is -1.35. The molecular weight excluding hydrogens is 272 g/mol. The van der Waals surface area contributed by atoms with Gasteiger partial charge in [-0.25, -0.2) is 0 Å². The highest BCUT2D eigenvalue weighted by Crippen LogP contribution is 2.28. The Labute approximate surface area is 134 Å². The van der Waals surface area contributed by atoms with Crippen molar-refractivity contribution in [3.63, 3.8) is 0 Å². The second-order valence-corrected chi connectivity index (χ2v) is 6.92. The van der Waals surface area contributed by atoms with Crippen LogP contribution >= 0.6 is 0 Å². The molecule has 1 heterocycles. The number of hydrogen-bond acceptors (Lipinski definition) is 2. The monoisotopic (exact) mass is 300 g/mol. The second-order valence-electron chi connectivity index (χ2n) is 6.92. The number of carbonyl (C=O) groups excluding carboxylic acids is 1. The SMILES string of the molecule is O=C(NC1CCN(CCCC2CCCC2)C1)c1ccccc1. The molecule has 1 aliphatic carbocycles. The Morgan fingerprint density at radius 1 is 1.14 bits per heavy atom. The number of benzene rings is 1. The highest BCUT2D eigenvalue weighted by Gasteiger charge is 2.24. The molecular formula is C19H28N2O. The first-order valence-corrected chi connectivity index (χ1v) is 8.89. The molecule has 3 nitrogen and oxygen atoms in total. The third-order valence-corrected chi connectivity index (χ3v) is 5.21. The Balaban J connectivity index is 1.36. The molecule has 0 spiro atoms. The first-order chi connectivity index (χ1) is 10.8. The van der Waals surface area contributed by atoms with E-state index in [9.17, 15) is 4.79 Å². The lowest BCUT2D eigenvalue weighted by atomic mass is 10.0. The van der Waals surface area contributed by atoms with Crippen LogP contribution in [-0.2, 0) is 0 Å². The fourth-order valence-electron chi connectivity index (χ4n) is 3.91. The van der Waals surface area contributed by atoms with E-state index < -0.39 is 0 Å². The Morgan fingerprint density at radius 3 is 2.68 bits per heavy atom. The maximum absolute atomic E-state index is 12.2. The number of amides is 1. The normalized spacial score (nSPS) is 23.0. The van der Waals surface area contributed by atoms with Gasteiger partial charge in [0.25, 0.3) is 5.91 Å². The largest absolute Gasteiger partial charge is 0.348 e. The summed E-state index contributed by atoms with van der Waals surface area (Å²) >= 11 is 0. The van der Waals surface area contributed by atoms with Gasteiger partial charge in [0, 0.05) is 24.7 Å². The van der Waals surface area contributed by atoms with E-state index in [1.165, 1.54) is 45.1 Å². The van der Waals surface area contributed by atoms with Crippen LogP contribution in [0.2, 0.25) is 0 Å². The number of nitrogens with zero attached hydrogens (tertiary/aromatic N) is 1. The fraction of sp³-hybridized carbons (Fsp3) is 0.632. The number of hydrogen-bond donors (Lipinski definition) is 1. The van der Waals surface area contributed by atoms with Crippen LogP contribution in [0.5, 0.6) is 0 Å². The number of nitrogens with one attached hydrogen (secondary N) is 1. The molecule has 22 heavy (non-hydrogen) atoms. The summed E-state index contributed by atoms with van der Waals surface area (Å²) in [5.41, 5.74) is 0.766. The van der Waals surface area contributed by atoms with Crippen molar-refractivity contribution >= 4 is 5.91 Å². The van der Waals surface area contributed by atoms with Gasteiger partial charge in [-0.1, -0.05) is 43.9 Å². The molecule has 3 heteroatoms. The van der Waals surface area contributed by atoms with E-state index in [-0.39, 0.29) is 5.91 Å². The fourth-order valence-corrected chi connectivity index (χ4v) is 3.91. The molecule has 120 valence electrons. The van der Waals surface area contributed by atoms with Gasteiger partial charge in [-0.2, -0.15) is 0 Å². The van der Waals surface area contributed by atoms with Crippen LogP contribution < -0.4 is 5.32 Å². The van der Waals surface area contributed by atoms with Crippen LogP contribution in [0.15, 0.2) is 30.3 Å². The van der Waals surface area contributed by atoms with Crippen LogP contribution in [0, 0.1) is 5.92 Å². The van der Waals surface area contributed by atoms with Gasteiger partial charge in [-0.3, -0.25) is 4.79 Å². The van der Waals surface area contributed by atoms with Crippen LogP contribution in [0.3, 0.4) is 0 Å². The van der Waals surface area contributed by atoms with E-state index in [4.69, 9.17) is 0 Å². The average molecular weight is 300 g/mol. The minimum Gasteiger partial charge on any atom is -0.348 e. The van der Waals surface area contributed by atoms with Crippen molar-refractivity contribution in [2.75, 3.05) is 19.6 Å². The number of likely N-dealkylation sites (tertiary alicyclic amines) is 1. The van der Waals surface area contributed by atoms with Gasteiger partial charge in [0.15, 0.2) is 0 Å². The van der Waals surface area contributed by atoms with E-state index in [0.29, 0.717) is 6.04 Å². The third-order valence-electron chi connectivity index (χ3n) is 5.21. The van der Waals surface area contributed by atoms with Crippen molar-refractivity contribution in [1.29, 1.82) is 0 Å². The van der Waals surface area contributed by atoms with Crippen LogP contribution in [0.25, 0.3) is 0 Å². The first kappa shape index (κ1) is 15.5. The number of rotatable bonds is 6. The van der Waals surface area contributed by atoms with Crippen LogP contribution in [0.4, 0.5) is 0 Å². The van der Waals surface area contributed by atoms with Crippen molar-refractivity contribution < 1.29 is 4.79 Å². The average Bonchev–Trinajstić information content (AvgIpc) is 3.20. The quantitative estimate of drug-likeness (QED) is 0.872. The zero-order chi connectivity index (χ0) is 15.2. The van der Waals surface area contributed by atoms with Gasteiger partial charge >= 0.3 is 0 Å². The van der Waals surface area contributed by atoms with E-state index in [1.807, 2.05) is 30.3 Å². The maximum Gasteiger partial charge on any atom is 0.251 e. The molecule has 0 aromatic heterocycles. The molecule has 1 N–H and O–H groups in total. The summed E-state index contributed by atoms with van der Waals surface area (Å²) in [5.74, 6) is 1.06. The summed E-state index contributed by atoms with van der Waals surface area (Å²) in [4.78, 5) is 14.7. The van der Waals surface area contributed by atoms with E-state index in [1.54, 1.807) is 0 Å². The standard InChI is InChI=1S/C19H28N2O/c22-19(17-10-2-1-3-11-17)20-18-12-14-21(15-18)13-6-9-16-7-4-5-8-16/h1-3,10-11,16,18H,4-9,12-15H2,(H,20,22). The zero-order valence-corrected chi connectivity index (χ0v) is 13.5. The lowest BCUT2D eigenvalue weighted by Crippen LogP contribution is -2.37. The van der Waals surface area contributed by atoms with Crippen molar-refractivity contribution in [1.82, 2.24) is 10.2 Å². The molecule has 1 saturated carbocycles. The summed E-state index contributed by atoms with van der Waals surface area (Å²) in [6.45, 7) is 3.35. The molecule has 1 amide bonds. The topological polar surface area (TPSA) is 32.3 Å². The van der Waals surface area contributed by atoms with Gasteiger partial charge in [0.1, 0.15) is 0 Å². The molecule has 1 aliphatic heterocycles. The van der Waals surface area contributed by atoms with Crippen LogP contribution in [0.1, 0.15) is 55.3 Å². The predicted octanol–water partition coefficient (Wildman–Crippen LogP) is 3.46. The van der Waals surface area contributed by atoms with E-state index in [2.05, 4.69) is 10.2 Å². The Bertz CT molecular complexity index is 468. The Kier molecular flexibility index (Phi) is 5.49. The molecule has 2 fully saturated rings. The minimum absolute atomic E-state index is 0.0680. The van der Waals surface area contributed by atoms with Crippen molar-refractivity contribution in [3.8, 4) is 0 Å². The number of carbonyl (C=O) groups is 1. The predicted molar refractivity (Wildman–Crippen MR) is 89.9 cm³/mol. The summed E-state index contributed by atoms with van der Waals surface area (Å²) in [6.07, 6.45) is 9.61. The minimum atomic E-state index is 0.0680. The molecule has 1 atom stereocenters. The van der Waals surface area contributed by atoms with Crippen molar-refractivity contribution in [2.24, 2.45) is 5.92 Å². The molecule has 1 aromatic carbocycles. The molecule has 1 aromatic rings. The first-order valence-electron chi connectivity index (χ1n) is 8.89. The molecule has 2 aliphatic rings. The smallest absolute Gasteiger partial charge is 0.251 e. The van der Waals surface area contributed by atoms with Crippen LogP contribution in [-0.4, -0.2) is 36.5 Å². The van der Waals surface area contributed by atoms with E-state index >= 15 is 0 Å². The van der Waals surface area contributed by atoms with Gasteiger partial charge in [-0.15, -0.1) is 0 Å². The molecule has 1 saturated heterocycles. The summed E-state index contributed by atoms with van der Waals surface area (Å²) < 4.78 is 0. The third kappa shape index (κ3) is 4.33. The molecule has 0 bridgehead atoms. The van der Waals surface area contributed by atoms with E-state index in [0.717, 1.165) is 31.0 Å². The van der Waals surface area contributed by atoms with Gasteiger partial charge in [-0.05, 0) is 43.9 Å². The maximum atomic E-state index is 12.2. The van der Waals surface area contributed by atoms with Gasteiger partial charge in [0.2, 0.25) is 0 Å². The zero-order valence-electron chi connectivity index (χ0n) is 13.5. The Morgan fingerprint density at radius 2 is 1.91 bits per heavy atom. The summed E-state index contributed by atoms with van der Waals surface area (Å²) in [5, 5.41) is 3.18. The summed E-state index contributed by atoms with van der Waals surface area (Å²) in [7, 11) is 0. The summed E-state index contributed by atoms with van der Waals surface area (Å²) in [6, 6.07) is 9.85. The lowest BCUT2D eigenvalue weighted by Gasteiger charge is -2.17. The van der Waals surface area contributed by atoms with Crippen molar-refractivity contribution in [2.45, 2.75) is 51.0 Å². The van der Waals surface area contributed by atoms with Gasteiger partial charge < -0.3 is 10.2 Å². The molecule has 1 unspecified atom stereocenters. The lowest BCUT2D eigenvalue weighted by molar-refractivity contribution is 0.0937. The highest BCUT2D eigenvalue weighted by atomic mass is 16.1. The molecule has 3 rings (SSSR count). The van der Waals surface area contributed by atoms with Gasteiger partial charge in [0.05, 0.1) is 0 Å². The molecule has 0 radical (unpaired) electrons. The van der Waals surface area contributed by atoms with Crippen molar-refractivity contribution in [3.05, 3.63) is 35.9 Å².